The zero-order valence-electron chi connectivity index (χ0n) is 18.8. The molecule has 33 heavy (non-hydrogen) atoms. The van der Waals surface area contributed by atoms with Crippen LogP contribution in [0, 0.1) is 5.92 Å². The lowest BCUT2D eigenvalue weighted by molar-refractivity contribution is 0.114. The Hall–Kier alpha value is -2.89. The summed E-state index contributed by atoms with van der Waals surface area (Å²) in [6, 6.07) is 23.1. The van der Waals surface area contributed by atoms with Gasteiger partial charge in [0.25, 0.3) is 5.56 Å². The highest BCUT2D eigenvalue weighted by molar-refractivity contribution is 7.98. The number of likely N-dealkylation sites (tertiary alicyclic amines) is 1. The third-order valence-corrected chi connectivity index (χ3v) is 7.88. The van der Waals surface area contributed by atoms with Crippen molar-refractivity contribution >= 4 is 22.7 Å². The van der Waals surface area contributed by atoms with Gasteiger partial charge in [0.2, 0.25) is 0 Å². The molecule has 0 N–H and O–H groups in total. The molecule has 1 fully saturated rings. The third kappa shape index (κ3) is 3.90. The van der Waals surface area contributed by atoms with Crippen LogP contribution in [0.1, 0.15) is 23.6 Å². The zero-order chi connectivity index (χ0) is 22.4. The molecule has 2 atom stereocenters. The van der Waals surface area contributed by atoms with Gasteiger partial charge in [-0.1, -0.05) is 30.3 Å². The quantitative estimate of drug-likeness (QED) is 0.388. The van der Waals surface area contributed by atoms with E-state index in [2.05, 4.69) is 75.3 Å². The molecule has 2 aromatic heterocycles. The largest absolute Gasteiger partial charge is 0.311 e. The number of thioether (sulfide) groups is 1. The molecule has 2 bridgehead atoms. The smallest absolute Gasteiger partial charge is 0.258 e. The molecule has 0 amide bonds. The van der Waals surface area contributed by atoms with E-state index in [1.165, 1.54) is 28.0 Å². The second-order valence-electron chi connectivity index (χ2n) is 9.35. The molecule has 2 aliphatic heterocycles. The molecule has 0 unspecified atom stereocenters. The Morgan fingerprint density at radius 2 is 1.85 bits per heavy atom. The predicted octanol–water partition coefficient (Wildman–Crippen LogP) is 5.40. The van der Waals surface area contributed by atoms with Gasteiger partial charge in [-0.25, -0.2) is 0 Å². The first-order valence-electron chi connectivity index (χ1n) is 11.6. The minimum atomic E-state index is 0.159. The Labute approximate surface area is 198 Å². The zero-order valence-corrected chi connectivity index (χ0v) is 19.6. The van der Waals surface area contributed by atoms with Crippen LogP contribution in [0.3, 0.4) is 0 Å². The van der Waals surface area contributed by atoms with Crippen molar-refractivity contribution < 1.29 is 0 Å². The van der Waals surface area contributed by atoms with Crippen molar-refractivity contribution in [3.63, 3.8) is 0 Å². The number of fused-ring (bicyclic) bond motifs is 5. The topological polar surface area (TPSA) is 38.1 Å². The fourth-order valence-corrected chi connectivity index (χ4v) is 6.03. The molecular formula is C28H27N3OS. The lowest BCUT2D eigenvalue weighted by Crippen LogP contribution is -2.46. The molecular weight excluding hydrogens is 426 g/mol. The second-order valence-corrected chi connectivity index (χ2v) is 10.2. The minimum absolute atomic E-state index is 0.159. The van der Waals surface area contributed by atoms with Crippen LogP contribution in [0.4, 0.5) is 0 Å². The molecule has 4 heterocycles. The van der Waals surface area contributed by atoms with Crippen LogP contribution in [0.2, 0.25) is 0 Å². The Kier molecular flexibility index (Phi) is 5.31. The number of aromatic nitrogens is 2. The van der Waals surface area contributed by atoms with E-state index >= 15 is 0 Å². The number of pyridine rings is 2. The SMILES string of the molecule is CSc1ccc(-c2ccc3n(c2=O)C[C@H]2C[C@@H]3CN(Cc3cnc4ccccc4c3)C2)cc1. The monoisotopic (exact) mass is 453 g/mol. The number of benzene rings is 2. The summed E-state index contributed by atoms with van der Waals surface area (Å²) in [5.74, 6) is 0.919. The van der Waals surface area contributed by atoms with Crippen molar-refractivity contribution in [3.8, 4) is 11.1 Å². The van der Waals surface area contributed by atoms with Gasteiger partial charge in [0.1, 0.15) is 0 Å². The number of hydrogen-bond acceptors (Lipinski definition) is 4. The Morgan fingerprint density at radius 1 is 1.00 bits per heavy atom. The average Bonchev–Trinajstić information content (AvgIpc) is 2.85. The molecule has 6 rings (SSSR count). The van der Waals surface area contributed by atoms with Gasteiger partial charge in [-0.15, -0.1) is 11.8 Å². The van der Waals surface area contributed by atoms with Crippen LogP contribution in [0.15, 0.2) is 82.6 Å². The van der Waals surface area contributed by atoms with E-state index < -0.39 is 0 Å². The molecule has 0 aliphatic carbocycles. The number of nitrogens with zero attached hydrogens (tertiary/aromatic N) is 3. The van der Waals surface area contributed by atoms with Crippen molar-refractivity contribution in [2.24, 2.45) is 5.92 Å². The summed E-state index contributed by atoms with van der Waals surface area (Å²) >= 11 is 1.72. The van der Waals surface area contributed by atoms with E-state index in [1.807, 2.05) is 18.3 Å². The van der Waals surface area contributed by atoms with Gasteiger partial charge in [0, 0.05) is 59.8 Å². The molecule has 0 spiro atoms. The number of rotatable bonds is 4. The summed E-state index contributed by atoms with van der Waals surface area (Å²) < 4.78 is 2.06. The van der Waals surface area contributed by atoms with Gasteiger partial charge in [-0.2, -0.15) is 0 Å². The predicted molar refractivity (Wildman–Crippen MR) is 136 cm³/mol. The van der Waals surface area contributed by atoms with Crippen molar-refractivity contribution in [2.75, 3.05) is 19.3 Å². The van der Waals surface area contributed by atoms with E-state index in [0.29, 0.717) is 11.8 Å². The molecule has 4 aromatic rings. The second kappa shape index (κ2) is 8.47. The summed E-state index contributed by atoms with van der Waals surface area (Å²) in [5, 5.41) is 1.20. The number of piperidine rings is 1. The summed E-state index contributed by atoms with van der Waals surface area (Å²) in [5.41, 5.74) is 5.48. The van der Waals surface area contributed by atoms with Gasteiger partial charge in [0.15, 0.2) is 0 Å². The van der Waals surface area contributed by atoms with E-state index in [1.54, 1.807) is 11.8 Å². The van der Waals surface area contributed by atoms with Gasteiger partial charge >= 0.3 is 0 Å². The Balaban J connectivity index is 1.25. The third-order valence-electron chi connectivity index (χ3n) is 7.13. The first-order chi connectivity index (χ1) is 16.2. The summed E-state index contributed by atoms with van der Waals surface area (Å²) in [6.45, 7) is 3.75. The average molecular weight is 454 g/mol. The van der Waals surface area contributed by atoms with Crippen LogP contribution in [-0.4, -0.2) is 33.8 Å². The van der Waals surface area contributed by atoms with E-state index in [0.717, 1.165) is 42.8 Å². The highest BCUT2D eigenvalue weighted by Gasteiger charge is 2.35. The van der Waals surface area contributed by atoms with Gasteiger partial charge in [-0.05, 0) is 66.1 Å². The first-order valence-corrected chi connectivity index (χ1v) is 12.8. The summed E-state index contributed by atoms with van der Waals surface area (Å²) in [4.78, 5) is 21.8. The molecule has 0 saturated carbocycles. The lowest BCUT2D eigenvalue weighted by Gasteiger charge is -2.43. The standard InChI is InChI=1S/C28H27N3OS/c1-33-24-8-6-21(7-9-24)25-10-11-27-23-13-20(17-31(27)28(25)32)16-30(18-23)15-19-12-22-4-2-3-5-26(22)29-14-19/h2-12,14,20,23H,13,15-18H2,1H3/t20-,23+/m0/s1. The van der Waals surface area contributed by atoms with Gasteiger partial charge < -0.3 is 4.57 Å². The van der Waals surface area contributed by atoms with Crippen molar-refractivity contribution in [3.05, 3.63) is 94.5 Å². The van der Waals surface area contributed by atoms with Crippen LogP contribution >= 0.6 is 11.8 Å². The highest BCUT2D eigenvalue weighted by atomic mass is 32.2. The maximum absolute atomic E-state index is 13.4. The minimum Gasteiger partial charge on any atom is -0.311 e. The molecule has 5 heteroatoms. The van der Waals surface area contributed by atoms with Gasteiger partial charge in [0.05, 0.1) is 5.52 Å². The van der Waals surface area contributed by atoms with E-state index in [9.17, 15) is 4.79 Å². The molecule has 2 aliphatic rings. The summed E-state index contributed by atoms with van der Waals surface area (Å²) in [7, 11) is 0. The fraction of sp³-hybridized carbons (Fsp3) is 0.286. The molecule has 1 saturated heterocycles. The van der Waals surface area contributed by atoms with E-state index in [-0.39, 0.29) is 5.56 Å². The molecule has 166 valence electrons. The molecule has 0 radical (unpaired) electrons. The Morgan fingerprint density at radius 3 is 2.70 bits per heavy atom. The highest BCUT2D eigenvalue weighted by Crippen LogP contribution is 2.36. The molecule has 4 nitrogen and oxygen atoms in total. The van der Waals surface area contributed by atoms with Crippen LogP contribution in [0.5, 0.6) is 0 Å². The van der Waals surface area contributed by atoms with Crippen LogP contribution in [0.25, 0.3) is 22.0 Å². The van der Waals surface area contributed by atoms with Crippen molar-refractivity contribution in [1.82, 2.24) is 14.5 Å². The molecule has 2 aromatic carbocycles. The number of hydrogen-bond donors (Lipinski definition) is 0. The lowest BCUT2D eigenvalue weighted by atomic mass is 9.82. The van der Waals surface area contributed by atoms with Gasteiger partial charge in [-0.3, -0.25) is 14.7 Å². The van der Waals surface area contributed by atoms with E-state index in [4.69, 9.17) is 0 Å². The van der Waals surface area contributed by atoms with Crippen LogP contribution in [-0.2, 0) is 13.1 Å². The fourth-order valence-electron chi connectivity index (χ4n) is 5.63. The van der Waals surface area contributed by atoms with Crippen molar-refractivity contribution in [1.29, 1.82) is 0 Å². The van der Waals surface area contributed by atoms with Crippen LogP contribution < -0.4 is 5.56 Å². The Bertz CT molecular complexity index is 1380. The first kappa shape index (κ1) is 20.7. The maximum atomic E-state index is 13.4. The normalized spacial score (nSPS) is 20.0. The summed E-state index contributed by atoms with van der Waals surface area (Å²) in [6.07, 6.45) is 5.26. The number of para-hydroxylation sites is 1. The van der Waals surface area contributed by atoms with Crippen molar-refractivity contribution in [2.45, 2.75) is 30.3 Å². The maximum Gasteiger partial charge on any atom is 0.258 e.